The molecule has 0 radical (unpaired) electrons. The van der Waals surface area contributed by atoms with Crippen molar-refractivity contribution in [1.29, 1.82) is 0 Å². The maximum absolute atomic E-state index is 13.4. The van der Waals surface area contributed by atoms with E-state index in [-0.39, 0.29) is 26.0 Å². The summed E-state index contributed by atoms with van der Waals surface area (Å²) in [6.07, 6.45) is -0.544. The fraction of sp³-hybridized carbons (Fsp3) is 0.222. The lowest BCUT2D eigenvalue weighted by atomic mass is 9.93. The average molecular weight is 527 g/mol. The third-order valence-corrected chi connectivity index (χ3v) is 6.78. The third kappa shape index (κ3) is 5.98. The van der Waals surface area contributed by atoms with Gasteiger partial charge in [-0.25, -0.2) is 9.59 Å². The predicted octanol–water partition coefficient (Wildman–Crippen LogP) is 4.87. The van der Waals surface area contributed by atoms with Gasteiger partial charge in [0.2, 0.25) is 5.91 Å². The summed E-state index contributed by atoms with van der Waals surface area (Å²) in [5.41, 5.74) is 3.04. The molecule has 2 N–H and O–H groups in total. The highest BCUT2D eigenvalue weighted by Gasteiger charge is 2.37. The number of carboxylic acid groups (broad SMARTS) is 1. The number of hydrogen-bond donors (Lipinski definition) is 2. The highest BCUT2D eigenvalue weighted by molar-refractivity contribution is 6.36. The van der Waals surface area contributed by atoms with Gasteiger partial charge in [-0.2, -0.15) is 0 Å². The topological polar surface area (TPSA) is 95.9 Å². The number of rotatable bonds is 7. The highest BCUT2D eigenvalue weighted by atomic mass is 35.5. The minimum Gasteiger partial charge on any atom is -0.480 e. The summed E-state index contributed by atoms with van der Waals surface area (Å²) in [5.74, 6) is -1.84. The Bertz CT molecular complexity index is 1250. The first-order valence-electron chi connectivity index (χ1n) is 11.3. The van der Waals surface area contributed by atoms with E-state index in [4.69, 9.17) is 27.9 Å². The molecule has 1 aliphatic heterocycles. The minimum atomic E-state index is -1.30. The smallest absolute Gasteiger partial charge is 0.411 e. The molecular weight excluding hydrogens is 503 g/mol. The molecule has 0 saturated carbocycles. The second-order valence-electron chi connectivity index (χ2n) is 8.46. The van der Waals surface area contributed by atoms with Crippen molar-refractivity contribution in [3.8, 4) is 0 Å². The van der Waals surface area contributed by atoms with Gasteiger partial charge in [0.05, 0.1) is 6.54 Å². The average Bonchev–Trinajstić information content (AvgIpc) is 2.88. The molecule has 9 heteroatoms. The molecule has 2 atom stereocenters. The van der Waals surface area contributed by atoms with E-state index < -0.39 is 30.1 Å². The van der Waals surface area contributed by atoms with Crippen molar-refractivity contribution in [2.45, 2.75) is 38.1 Å². The molecule has 0 unspecified atom stereocenters. The monoisotopic (exact) mass is 526 g/mol. The summed E-state index contributed by atoms with van der Waals surface area (Å²) < 4.78 is 5.50. The number of ether oxygens (including phenoxy) is 1. The number of benzene rings is 3. The second kappa shape index (κ2) is 11.5. The van der Waals surface area contributed by atoms with Crippen molar-refractivity contribution in [2.24, 2.45) is 0 Å². The molecule has 36 heavy (non-hydrogen) atoms. The van der Waals surface area contributed by atoms with E-state index in [1.165, 1.54) is 4.90 Å². The van der Waals surface area contributed by atoms with Crippen LogP contribution in [0.3, 0.4) is 0 Å². The molecule has 186 valence electrons. The van der Waals surface area contributed by atoms with Crippen LogP contribution < -0.4 is 5.32 Å². The minimum absolute atomic E-state index is 0.0505. The number of carbonyl (C=O) groups is 3. The van der Waals surface area contributed by atoms with E-state index in [0.29, 0.717) is 15.6 Å². The standard InChI is InChI=1S/C27H24Cl2N2O5/c28-21-11-6-12-22(29)20(21)14-23(26(33)34)30-25(32)24-13-18-9-4-5-10-19(18)15-31(24)27(35)36-16-17-7-2-1-3-8-17/h1-12,23-24H,13-16H2,(H,30,32)(H,33,34)/t23-,24+/m1/s1. The van der Waals surface area contributed by atoms with E-state index in [1.807, 2.05) is 54.6 Å². The van der Waals surface area contributed by atoms with Crippen molar-refractivity contribution in [1.82, 2.24) is 10.2 Å². The number of nitrogens with one attached hydrogen (secondary N) is 1. The molecule has 3 aromatic rings. The van der Waals surface area contributed by atoms with E-state index in [0.717, 1.165) is 16.7 Å². The maximum atomic E-state index is 13.4. The Labute approximate surface area is 218 Å². The second-order valence-corrected chi connectivity index (χ2v) is 9.27. The van der Waals surface area contributed by atoms with Gasteiger partial charge in [0.15, 0.2) is 0 Å². The number of nitrogens with zero attached hydrogens (tertiary/aromatic N) is 1. The zero-order chi connectivity index (χ0) is 25.7. The Hall–Kier alpha value is -3.55. The predicted molar refractivity (Wildman–Crippen MR) is 136 cm³/mol. The zero-order valence-corrected chi connectivity index (χ0v) is 20.7. The summed E-state index contributed by atoms with van der Waals surface area (Å²) in [4.78, 5) is 39.8. The summed E-state index contributed by atoms with van der Waals surface area (Å²) in [6.45, 7) is 0.213. The molecule has 4 rings (SSSR count). The summed E-state index contributed by atoms with van der Waals surface area (Å²) in [5, 5.41) is 13.0. The van der Waals surface area contributed by atoms with Gasteiger partial charge in [0.25, 0.3) is 0 Å². The lowest BCUT2D eigenvalue weighted by molar-refractivity contribution is -0.142. The van der Waals surface area contributed by atoms with Crippen molar-refractivity contribution in [2.75, 3.05) is 0 Å². The first kappa shape index (κ1) is 25.5. The summed E-state index contributed by atoms with van der Waals surface area (Å²) >= 11 is 12.4. The molecule has 3 aromatic carbocycles. The normalized spacial score (nSPS) is 15.5. The first-order valence-corrected chi connectivity index (χ1v) is 12.1. The van der Waals surface area contributed by atoms with Gasteiger partial charge in [0, 0.05) is 22.9 Å². The Morgan fingerprint density at radius 1 is 0.944 bits per heavy atom. The van der Waals surface area contributed by atoms with Gasteiger partial charge in [-0.3, -0.25) is 9.69 Å². The summed E-state index contributed by atoms with van der Waals surface area (Å²) in [6, 6.07) is 19.3. The number of amides is 2. The molecular formula is C27H24Cl2N2O5. The quantitative estimate of drug-likeness (QED) is 0.457. The number of carbonyl (C=O) groups excluding carboxylic acids is 2. The summed E-state index contributed by atoms with van der Waals surface area (Å²) in [7, 11) is 0. The van der Waals surface area contributed by atoms with Crippen LogP contribution in [0.15, 0.2) is 72.8 Å². The molecule has 0 saturated heterocycles. The van der Waals surface area contributed by atoms with Crippen molar-refractivity contribution < 1.29 is 24.2 Å². The molecule has 2 amide bonds. The maximum Gasteiger partial charge on any atom is 0.411 e. The van der Waals surface area contributed by atoms with Crippen molar-refractivity contribution in [3.05, 3.63) is 105 Å². The molecule has 0 bridgehead atoms. The molecule has 0 fully saturated rings. The first-order chi connectivity index (χ1) is 17.3. The van der Waals surface area contributed by atoms with Crippen molar-refractivity contribution >= 4 is 41.2 Å². The fourth-order valence-electron chi connectivity index (χ4n) is 4.15. The van der Waals surface area contributed by atoms with Crippen molar-refractivity contribution in [3.63, 3.8) is 0 Å². The number of halogens is 2. The lowest BCUT2D eigenvalue weighted by Crippen LogP contribution is -2.56. The van der Waals surface area contributed by atoms with Gasteiger partial charge < -0.3 is 15.2 Å². The molecule has 7 nitrogen and oxygen atoms in total. The molecule has 0 aromatic heterocycles. The SMILES string of the molecule is O=C(O)[C@@H](Cc1c(Cl)cccc1Cl)NC(=O)[C@@H]1Cc2ccccc2CN1C(=O)OCc1ccccc1. The van der Waals surface area contributed by atoms with Crippen LogP contribution in [-0.4, -0.2) is 40.1 Å². The van der Waals surface area contributed by atoms with E-state index >= 15 is 0 Å². The molecule has 1 heterocycles. The van der Waals surface area contributed by atoms with Crippen LogP contribution in [0.5, 0.6) is 0 Å². The van der Waals surface area contributed by atoms with Gasteiger partial charge in [0.1, 0.15) is 18.7 Å². The Balaban J connectivity index is 1.54. The van der Waals surface area contributed by atoms with Crippen LogP contribution in [0.1, 0.15) is 22.3 Å². The Morgan fingerprint density at radius 2 is 1.58 bits per heavy atom. The van der Waals surface area contributed by atoms with Crippen LogP contribution >= 0.6 is 23.2 Å². The van der Waals surface area contributed by atoms with Crippen LogP contribution in [0.2, 0.25) is 10.0 Å². The van der Waals surface area contributed by atoms with Gasteiger partial charge >= 0.3 is 12.1 Å². The number of fused-ring (bicyclic) bond motifs is 1. The van der Waals surface area contributed by atoms with E-state index in [1.54, 1.807) is 18.2 Å². The Kier molecular flexibility index (Phi) is 8.13. The number of carboxylic acids is 1. The van der Waals surface area contributed by atoms with Crippen LogP contribution in [0.4, 0.5) is 4.79 Å². The number of hydrogen-bond acceptors (Lipinski definition) is 4. The third-order valence-electron chi connectivity index (χ3n) is 6.08. The largest absolute Gasteiger partial charge is 0.480 e. The van der Waals surface area contributed by atoms with Crippen LogP contribution in [-0.2, 0) is 40.3 Å². The van der Waals surface area contributed by atoms with Gasteiger partial charge in [-0.15, -0.1) is 0 Å². The highest BCUT2D eigenvalue weighted by Crippen LogP contribution is 2.27. The van der Waals surface area contributed by atoms with Gasteiger partial charge in [-0.05, 0) is 34.4 Å². The molecule has 1 aliphatic rings. The van der Waals surface area contributed by atoms with Gasteiger partial charge in [-0.1, -0.05) is 83.9 Å². The number of aliphatic carboxylic acids is 1. The zero-order valence-electron chi connectivity index (χ0n) is 19.2. The van der Waals surface area contributed by atoms with Crippen LogP contribution in [0, 0.1) is 0 Å². The Morgan fingerprint density at radius 3 is 2.25 bits per heavy atom. The van der Waals surface area contributed by atoms with E-state index in [9.17, 15) is 19.5 Å². The molecule has 0 aliphatic carbocycles. The molecule has 0 spiro atoms. The van der Waals surface area contributed by atoms with Crippen LogP contribution in [0.25, 0.3) is 0 Å². The fourth-order valence-corrected chi connectivity index (χ4v) is 4.70. The van der Waals surface area contributed by atoms with E-state index in [2.05, 4.69) is 5.32 Å². The lowest BCUT2D eigenvalue weighted by Gasteiger charge is -2.35.